The number of nitrogens with two attached hydrogens (primary N) is 3. The normalized spacial score (nSPS) is 18.6. The fourth-order valence-electron chi connectivity index (χ4n) is 8.28. The number of carboxylic acids is 1. The Labute approximate surface area is 408 Å². The molecule has 0 aromatic heterocycles. The highest BCUT2D eigenvalue weighted by Gasteiger charge is 2.42. The van der Waals surface area contributed by atoms with Crippen molar-refractivity contribution in [2.75, 3.05) is 26.2 Å². The second kappa shape index (κ2) is 27.6. The van der Waals surface area contributed by atoms with Gasteiger partial charge in [0.25, 0.3) is 0 Å². The number of phenols is 1. The minimum absolute atomic E-state index is 0.0435. The molecule has 1 aromatic carbocycles. The number of aliphatic hydroxyl groups excluding tert-OH is 1. The smallest absolute Gasteiger partial charge is 0.322 e. The number of amides is 8. The summed E-state index contributed by atoms with van der Waals surface area (Å²) in [5.74, 6) is -7.35. The molecule has 0 bridgehead atoms. The van der Waals surface area contributed by atoms with E-state index < -0.39 is 114 Å². The molecule has 2 aliphatic rings. The number of hydrogen-bond donors (Lipinski definition) is 12. The van der Waals surface area contributed by atoms with Crippen molar-refractivity contribution in [1.82, 2.24) is 41.7 Å². The fourth-order valence-corrected chi connectivity index (χ4v) is 8.28. The summed E-state index contributed by atoms with van der Waals surface area (Å²) in [5, 5.41) is 44.8. The molecule has 8 amide bonds. The number of aliphatic hydroxyl groups is 1. The maximum absolute atomic E-state index is 14.4. The fraction of sp³-hybridized carbons (Fsp3) is 0.652. The molecule has 2 aliphatic heterocycles. The average molecular weight is 987 g/mol. The summed E-state index contributed by atoms with van der Waals surface area (Å²) in [6, 6.07) is -3.46. The third kappa shape index (κ3) is 18.1. The van der Waals surface area contributed by atoms with E-state index in [-0.39, 0.29) is 81.7 Å². The second-order valence-electron chi connectivity index (χ2n) is 18.8. The zero-order valence-corrected chi connectivity index (χ0v) is 40.9. The maximum Gasteiger partial charge on any atom is 0.322 e. The van der Waals surface area contributed by atoms with Crippen LogP contribution in [0.25, 0.3) is 0 Å². The topological polar surface area (TPSA) is 383 Å². The van der Waals surface area contributed by atoms with E-state index in [0.717, 1.165) is 0 Å². The molecule has 0 spiro atoms. The summed E-state index contributed by atoms with van der Waals surface area (Å²) < 4.78 is 0. The van der Waals surface area contributed by atoms with Gasteiger partial charge in [0.05, 0.1) is 12.1 Å². The highest BCUT2D eigenvalue weighted by molar-refractivity contribution is 5.98. The number of aliphatic carboxylic acids is 1. The minimum atomic E-state index is -1.53. The lowest BCUT2D eigenvalue weighted by atomic mass is 9.99. The summed E-state index contributed by atoms with van der Waals surface area (Å²) >= 11 is 0. The number of likely N-dealkylation sites (tertiary alicyclic amines) is 2. The van der Waals surface area contributed by atoms with Crippen LogP contribution in [-0.4, -0.2) is 165 Å². The number of carbonyl (C=O) groups is 9. The summed E-state index contributed by atoms with van der Waals surface area (Å²) in [6.45, 7) is 9.74. The number of phenolic OH excluding ortho intramolecular Hbond substituents is 1. The van der Waals surface area contributed by atoms with E-state index in [4.69, 9.17) is 22.3 Å². The van der Waals surface area contributed by atoms with Crippen LogP contribution in [0, 0.1) is 11.8 Å². The van der Waals surface area contributed by atoms with Crippen molar-refractivity contribution in [1.29, 1.82) is 0 Å². The van der Waals surface area contributed by atoms with E-state index in [1.165, 1.54) is 35.8 Å². The lowest BCUT2D eigenvalue weighted by molar-refractivity contribution is -0.144. The average Bonchev–Trinajstić information content (AvgIpc) is 3.99. The number of hydrogen-bond acceptors (Lipinski definition) is 13. The van der Waals surface area contributed by atoms with Crippen LogP contribution < -0.4 is 49.1 Å². The quantitative estimate of drug-likeness (QED) is 0.0258. The number of carboxylic acid groups (broad SMARTS) is 1. The first kappa shape index (κ1) is 57.8. The number of rotatable bonds is 26. The third-order valence-electron chi connectivity index (χ3n) is 11.8. The molecule has 3 rings (SSSR count). The molecular formula is C46H74N12O12. The predicted molar refractivity (Wildman–Crippen MR) is 256 cm³/mol. The van der Waals surface area contributed by atoms with Gasteiger partial charge in [-0.2, -0.15) is 0 Å². The molecule has 0 unspecified atom stereocenters. The molecule has 390 valence electrons. The molecule has 24 heteroatoms. The van der Waals surface area contributed by atoms with Crippen LogP contribution in [0.3, 0.4) is 0 Å². The first-order valence-electron chi connectivity index (χ1n) is 23.8. The number of aromatic hydroxyl groups is 1. The molecule has 1 aromatic rings. The predicted octanol–water partition coefficient (Wildman–Crippen LogP) is -2.58. The SMILES string of the molecule is CC(C)C[C@H](NC(=O)[C@H](CCCN=C(N)N)NC(=O)[C@H](C)N)C(=O)N1CCC[C@H]1C(=O)N[C@@H](Cc1ccc(O)cc1)C(=O)N[C@@H](CC(C)C)C(=O)N1CCC[C@H]1C(=O)N[C@H](C(=O)NCC(=O)O)[C@@H](C)O. The second-order valence-corrected chi connectivity index (χ2v) is 18.8. The molecular weight excluding hydrogens is 913 g/mol. The van der Waals surface area contributed by atoms with Crippen molar-refractivity contribution in [2.45, 2.75) is 154 Å². The lowest BCUT2D eigenvalue weighted by Gasteiger charge is -2.32. The van der Waals surface area contributed by atoms with Crippen molar-refractivity contribution in [3.05, 3.63) is 29.8 Å². The zero-order chi connectivity index (χ0) is 52.4. The maximum atomic E-state index is 14.4. The van der Waals surface area contributed by atoms with E-state index >= 15 is 0 Å². The number of benzene rings is 1. The van der Waals surface area contributed by atoms with E-state index in [1.807, 2.05) is 27.7 Å². The molecule has 0 radical (unpaired) electrons. The number of guanidine groups is 1. The van der Waals surface area contributed by atoms with Crippen molar-refractivity contribution < 1.29 is 58.5 Å². The Morgan fingerprint density at radius 2 is 1.17 bits per heavy atom. The molecule has 0 aliphatic carbocycles. The molecule has 15 N–H and O–H groups in total. The molecule has 9 atom stereocenters. The van der Waals surface area contributed by atoms with Gasteiger partial charge in [0, 0.05) is 26.1 Å². The van der Waals surface area contributed by atoms with Crippen molar-refractivity contribution in [3.63, 3.8) is 0 Å². The van der Waals surface area contributed by atoms with Crippen LogP contribution in [-0.2, 0) is 49.6 Å². The van der Waals surface area contributed by atoms with Gasteiger partial charge >= 0.3 is 5.97 Å². The van der Waals surface area contributed by atoms with E-state index in [1.54, 1.807) is 12.1 Å². The first-order valence-corrected chi connectivity index (χ1v) is 23.8. The van der Waals surface area contributed by atoms with Crippen LogP contribution in [0.15, 0.2) is 29.3 Å². The van der Waals surface area contributed by atoms with E-state index in [9.17, 15) is 53.4 Å². The van der Waals surface area contributed by atoms with Gasteiger partial charge < -0.3 is 74.2 Å². The zero-order valence-electron chi connectivity index (χ0n) is 40.9. The highest BCUT2D eigenvalue weighted by Crippen LogP contribution is 2.24. The number of carbonyl (C=O) groups excluding carboxylic acids is 8. The lowest BCUT2D eigenvalue weighted by Crippen LogP contribution is -2.60. The summed E-state index contributed by atoms with van der Waals surface area (Å²) in [6.07, 6.45) is 0.389. The van der Waals surface area contributed by atoms with Crippen LogP contribution >= 0.6 is 0 Å². The number of nitrogens with zero attached hydrogens (tertiary/aromatic N) is 3. The van der Waals surface area contributed by atoms with Crippen LogP contribution in [0.4, 0.5) is 0 Å². The van der Waals surface area contributed by atoms with E-state index in [2.05, 4.69) is 36.9 Å². The standard InChI is InChI=1S/C46H74N12O12/c1-24(2)20-32(54-39(64)30(52-38(63)26(5)47)10-7-17-50-46(48)49)44(69)57-18-8-11-34(57)41(66)53-31(22-28-13-15-29(60)16-14-28)40(65)55-33(21-25(3)4)45(70)58-19-9-12-35(58)42(67)56-37(27(6)59)43(68)51-23-36(61)62/h13-16,24-27,30-35,37,59-60H,7-12,17-23,47H2,1-6H3,(H,51,68)(H,52,63)(H,53,66)(H,54,64)(H,55,65)(H,56,67)(H,61,62)(H4,48,49,50)/t26-,27+,30-,31-,32-,33-,34-,35-,37-/m0/s1. The Morgan fingerprint density at radius 3 is 1.63 bits per heavy atom. The van der Waals surface area contributed by atoms with Crippen LogP contribution in [0.5, 0.6) is 5.75 Å². The third-order valence-corrected chi connectivity index (χ3v) is 11.8. The highest BCUT2D eigenvalue weighted by atomic mass is 16.4. The molecule has 24 nitrogen and oxygen atoms in total. The van der Waals surface area contributed by atoms with Gasteiger partial charge in [0.2, 0.25) is 47.3 Å². The monoisotopic (exact) mass is 987 g/mol. The van der Waals surface area contributed by atoms with Gasteiger partial charge in [-0.25, -0.2) is 0 Å². The molecule has 0 saturated carbocycles. The van der Waals surface area contributed by atoms with Gasteiger partial charge in [0.15, 0.2) is 5.96 Å². The summed E-state index contributed by atoms with van der Waals surface area (Å²) in [7, 11) is 0. The molecule has 70 heavy (non-hydrogen) atoms. The largest absolute Gasteiger partial charge is 0.508 e. The van der Waals surface area contributed by atoms with Crippen molar-refractivity contribution in [2.24, 2.45) is 34.0 Å². The Balaban J connectivity index is 1.88. The van der Waals surface area contributed by atoms with Gasteiger partial charge in [-0.15, -0.1) is 0 Å². The van der Waals surface area contributed by atoms with Gasteiger partial charge in [-0.1, -0.05) is 39.8 Å². The molecule has 2 heterocycles. The molecule has 2 saturated heterocycles. The Kier molecular flexibility index (Phi) is 22.8. The van der Waals surface area contributed by atoms with Gasteiger partial charge in [-0.3, -0.25) is 48.1 Å². The molecule has 2 fully saturated rings. The Bertz CT molecular complexity index is 2030. The summed E-state index contributed by atoms with van der Waals surface area (Å²) in [5.41, 5.74) is 17.2. The van der Waals surface area contributed by atoms with Gasteiger partial charge in [-0.05, 0) is 94.7 Å². The van der Waals surface area contributed by atoms with Crippen LogP contribution in [0.2, 0.25) is 0 Å². The van der Waals surface area contributed by atoms with Crippen LogP contribution in [0.1, 0.15) is 98.5 Å². The number of nitrogens with one attached hydrogen (secondary N) is 6. The first-order chi connectivity index (χ1) is 32.9. The minimum Gasteiger partial charge on any atom is -0.508 e. The van der Waals surface area contributed by atoms with Crippen molar-refractivity contribution in [3.8, 4) is 5.75 Å². The van der Waals surface area contributed by atoms with E-state index in [0.29, 0.717) is 24.8 Å². The van der Waals surface area contributed by atoms with Gasteiger partial charge in [0.1, 0.15) is 54.6 Å². The Hall–Kier alpha value is -6.56. The summed E-state index contributed by atoms with van der Waals surface area (Å²) in [4.78, 5) is 128. The Morgan fingerprint density at radius 1 is 0.686 bits per heavy atom. The van der Waals surface area contributed by atoms with Crippen molar-refractivity contribution >= 4 is 59.2 Å². The number of aliphatic imine (C=N–C) groups is 1.